The Balaban J connectivity index is 3.52. The third-order valence-corrected chi connectivity index (χ3v) is 2.81. The van der Waals surface area contributed by atoms with Crippen molar-refractivity contribution < 1.29 is 4.74 Å². The first kappa shape index (κ1) is 12.3. The van der Waals surface area contributed by atoms with E-state index in [1.54, 1.807) is 18.9 Å². The van der Waals surface area contributed by atoms with Crippen molar-refractivity contribution >= 4 is 11.8 Å². The summed E-state index contributed by atoms with van der Waals surface area (Å²) >= 11 is 1.80. The van der Waals surface area contributed by atoms with Gasteiger partial charge in [0.15, 0.2) is 0 Å². The minimum absolute atomic E-state index is 0.0178. The van der Waals surface area contributed by atoms with Crippen LogP contribution in [-0.4, -0.2) is 30.8 Å². The van der Waals surface area contributed by atoms with Crippen LogP contribution in [0, 0.1) is 0 Å². The van der Waals surface area contributed by atoms with Crippen LogP contribution in [0.3, 0.4) is 0 Å². The molecule has 2 N–H and O–H groups in total. The minimum Gasteiger partial charge on any atom is -0.379 e. The number of hydrogen-bond donors (Lipinski definition) is 1. The second-order valence-corrected chi connectivity index (χ2v) is 4.63. The zero-order valence-electron chi connectivity index (χ0n) is 8.59. The molecular formula is C9H21NOS. The van der Waals surface area contributed by atoms with Gasteiger partial charge in [0.05, 0.1) is 5.60 Å². The lowest BCUT2D eigenvalue weighted by molar-refractivity contribution is 0.0129. The van der Waals surface area contributed by atoms with Crippen molar-refractivity contribution in [1.82, 2.24) is 0 Å². The van der Waals surface area contributed by atoms with E-state index in [4.69, 9.17) is 10.5 Å². The second kappa shape index (κ2) is 5.84. The molecule has 12 heavy (non-hydrogen) atoms. The van der Waals surface area contributed by atoms with E-state index in [1.807, 2.05) is 0 Å². The third kappa shape index (κ3) is 5.86. The van der Waals surface area contributed by atoms with Gasteiger partial charge in [-0.05, 0) is 32.9 Å². The molecule has 0 radical (unpaired) electrons. The quantitative estimate of drug-likeness (QED) is 0.696. The summed E-state index contributed by atoms with van der Waals surface area (Å²) in [6.07, 6.45) is 4.16. The highest BCUT2D eigenvalue weighted by atomic mass is 32.2. The van der Waals surface area contributed by atoms with E-state index in [1.165, 1.54) is 0 Å². The summed E-state index contributed by atoms with van der Waals surface area (Å²) in [7, 11) is 1.75. The largest absolute Gasteiger partial charge is 0.379 e. The van der Waals surface area contributed by atoms with E-state index in [9.17, 15) is 0 Å². The Kier molecular flexibility index (Phi) is 5.97. The number of nitrogens with two attached hydrogens (primary N) is 1. The van der Waals surface area contributed by atoms with E-state index in [2.05, 4.69) is 20.1 Å². The van der Waals surface area contributed by atoms with Crippen LogP contribution in [0.25, 0.3) is 0 Å². The van der Waals surface area contributed by atoms with Gasteiger partial charge in [-0.15, -0.1) is 0 Å². The van der Waals surface area contributed by atoms with Gasteiger partial charge in [0.2, 0.25) is 0 Å². The Labute approximate surface area is 80.2 Å². The smallest absolute Gasteiger partial charge is 0.0623 e. The molecule has 0 saturated carbocycles. The maximum absolute atomic E-state index is 5.87. The molecule has 0 aromatic rings. The van der Waals surface area contributed by atoms with Gasteiger partial charge in [-0.25, -0.2) is 0 Å². The summed E-state index contributed by atoms with van der Waals surface area (Å²) in [4.78, 5) is 0. The molecule has 1 atom stereocenters. The highest BCUT2D eigenvalue weighted by Crippen LogP contribution is 2.16. The van der Waals surface area contributed by atoms with Crippen molar-refractivity contribution in [1.29, 1.82) is 0 Å². The van der Waals surface area contributed by atoms with Crippen LogP contribution in [0.1, 0.15) is 26.7 Å². The normalized spacial score (nSPS) is 14.8. The maximum Gasteiger partial charge on any atom is 0.0623 e. The SMILES string of the molecule is COC(C)(C)CCC(N)CSC. The topological polar surface area (TPSA) is 35.2 Å². The Hall–Kier alpha value is 0.270. The zero-order valence-corrected chi connectivity index (χ0v) is 9.41. The second-order valence-electron chi connectivity index (χ2n) is 3.72. The molecule has 3 heteroatoms. The Morgan fingerprint density at radius 2 is 2.08 bits per heavy atom. The van der Waals surface area contributed by atoms with Gasteiger partial charge in [-0.3, -0.25) is 0 Å². The van der Waals surface area contributed by atoms with Crippen LogP contribution >= 0.6 is 11.8 Å². The van der Waals surface area contributed by atoms with Gasteiger partial charge < -0.3 is 10.5 Å². The number of hydrogen-bond acceptors (Lipinski definition) is 3. The van der Waals surface area contributed by atoms with Gasteiger partial charge >= 0.3 is 0 Å². The van der Waals surface area contributed by atoms with Crippen LogP contribution in [0.15, 0.2) is 0 Å². The van der Waals surface area contributed by atoms with Crippen LogP contribution in [-0.2, 0) is 4.74 Å². The maximum atomic E-state index is 5.87. The summed E-state index contributed by atoms with van der Waals surface area (Å²) in [5.41, 5.74) is 5.85. The van der Waals surface area contributed by atoms with Crippen molar-refractivity contribution in [2.45, 2.75) is 38.3 Å². The highest BCUT2D eigenvalue weighted by molar-refractivity contribution is 7.98. The zero-order chi connectivity index (χ0) is 9.61. The van der Waals surface area contributed by atoms with Gasteiger partial charge in [0, 0.05) is 18.9 Å². The summed E-state index contributed by atoms with van der Waals surface area (Å²) in [5, 5.41) is 0. The molecule has 0 aliphatic rings. The number of ether oxygens (including phenoxy) is 1. The number of rotatable bonds is 6. The van der Waals surface area contributed by atoms with E-state index < -0.39 is 0 Å². The molecule has 0 fully saturated rings. The average Bonchev–Trinajstić information content (AvgIpc) is 2.02. The third-order valence-electron chi connectivity index (χ3n) is 2.05. The molecule has 1 unspecified atom stereocenters. The van der Waals surface area contributed by atoms with Gasteiger partial charge in [0.25, 0.3) is 0 Å². The molecule has 0 spiro atoms. The molecule has 2 nitrogen and oxygen atoms in total. The summed E-state index contributed by atoms with van der Waals surface area (Å²) in [6, 6.07) is 0.314. The lowest BCUT2D eigenvalue weighted by Gasteiger charge is -2.24. The van der Waals surface area contributed by atoms with Gasteiger partial charge in [-0.2, -0.15) is 11.8 Å². The standard InChI is InChI=1S/C9H21NOS/c1-9(2,11-3)6-5-8(10)7-12-4/h8H,5-7,10H2,1-4H3. The van der Waals surface area contributed by atoms with E-state index in [0.717, 1.165) is 18.6 Å². The fraction of sp³-hybridized carbons (Fsp3) is 1.00. The molecule has 0 aliphatic heterocycles. The molecule has 0 bridgehead atoms. The van der Waals surface area contributed by atoms with Gasteiger partial charge in [-0.1, -0.05) is 0 Å². The predicted molar refractivity (Wildman–Crippen MR) is 56.7 cm³/mol. The summed E-state index contributed by atoms with van der Waals surface area (Å²) < 4.78 is 5.30. The van der Waals surface area contributed by atoms with Crippen LogP contribution in [0.4, 0.5) is 0 Å². The molecule has 0 rings (SSSR count). The monoisotopic (exact) mass is 191 g/mol. The minimum atomic E-state index is -0.0178. The number of methoxy groups -OCH3 is 1. The Morgan fingerprint density at radius 3 is 2.50 bits per heavy atom. The highest BCUT2D eigenvalue weighted by Gasteiger charge is 2.17. The molecule has 0 aliphatic carbocycles. The van der Waals surface area contributed by atoms with E-state index >= 15 is 0 Å². The molecule has 0 aromatic carbocycles. The Morgan fingerprint density at radius 1 is 1.50 bits per heavy atom. The lowest BCUT2D eigenvalue weighted by atomic mass is 10.00. The molecular weight excluding hydrogens is 170 g/mol. The van der Waals surface area contributed by atoms with Crippen LogP contribution in [0.2, 0.25) is 0 Å². The van der Waals surface area contributed by atoms with E-state index in [-0.39, 0.29) is 5.60 Å². The fourth-order valence-electron chi connectivity index (χ4n) is 0.932. The van der Waals surface area contributed by atoms with Crippen molar-refractivity contribution in [2.75, 3.05) is 19.1 Å². The van der Waals surface area contributed by atoms with Crippen molar-refractivity contribution in [3.8, 4) is 0 Å². The van der Waals surface area contributed by atoms with Gasteiger partial charge in [0.1, 0.15) is 0 Å². The summed E-state index contributed by atoms with van der Waals surface area (Å²) in [5.74, 6) is 1.04. The fourth-order valence-corrected chi connectivity index (χ4v) is 1.53. The van der Waals surface area contributed by atoms with E-state index in [0.29, 0.717) is 6.04 Å². The Bertz CT molecular complexity index is 117. The van der Waals surface area contributed by atoms with Crippen molar-refractivity contribution in [2.24, 2.45) is 5.73 Å². The average molecular weight is 191 g/mol. The molecule has 74 valence electrons. The summed E-state index contributed by atoms with van der Waals surface area (Å²) in [6.45, 7) is 4.19. The first-order chi connectivity index (χ1) is 5.52. The van der Waals surface area contributed by atoms with Crippen molar-refractivity contribution in [3.63, 3.8) is 0 Å². The van der Waals surface area contributed by atoms with Crippen LogP contribution in [0.5, 0.6) is 0 Å². The van der Waals surface area contributed by atoms with Crippen LogP contribution < -0.4 is 5.73 Å². The first-order valence-corrected chi connectivity index (χ1v) is 5.71. The number of thioether (sulfide) groups is 1. The molecule has 0 amide bonds. The van der Waals surface area contributed by atoms with Crippen molar-refractivity contribution in [3.05, 3.63) is 0 Å². The molecule has 0 heterocycles. The predicted octanol–water partition coefficient (Wildman–Crippen LogP) is 1.88. The molecule has 0 saturated heterocycles. The molecule has 0 aromatic heterocycles. The lowest BCUT2D eigenvalue weighted by Crippen LogP contribution is -2.29. The first-order valence-electron chi connectivity index (χ1n) is 4.31.